The van der Waals surface area contributed by atoms with Crippen molar-refractivity contribution in [1.82, 2.24) is 10.6 Å². The number of rotatable bonds is 8. The molecule has 0 heterocycles. The topological polar surface area (TPSA) is 114 Å². The molecule has 1 rings (SSSR count). The van der Waals surface area contributed by atoms with Gasteiger partial charge in [-0.05, 0) is 25.5 Å². The van der Waals surface area contributed by atoms with Crippen LogP contribution in [0.2, 0.25) is 0 Å². The molecule has 0 aromatic heterocycles. The number of nitrogens with one attached hydrogen (secondary N) is 3. The summed E-state index contributed by atoms with van der Waals surface area (Å²) >= 11 is 0. The summed E-state index contributed by atoms with van der Waals surface area (Å²) < 4.78 is 4.89. The highest BCUT2D eigenvalue weighted by Crippen LogP contribution is 2.16. The predicted molar refractivity (Wildman–Crippen MR) is 82.7 cm³/mol. The summed E-state index contributed by atoms with van der Waals surface area (Å²) in [5.41, 5.74) is 0.374. The number of hydrogen-bond acceptors (Lipinski definition) is 5. The van der Waals surface area contributed by atoms with Gasteiger partial charge in [0.1, 0.15) is 0 Å². The van der Waals surface area contributed by atoms with Crippen LogP contribution in [0.3, 0.4) is 0 Å². The number of esters is 1. The molecule has 0 atom stereocenters. The number of para-hydroxylation sites is 1. The van der Waals surface area contributed by atoms with E-state index in [1.807, 2.05) is 0 Å². The lowest BCUT2D eigenvalue weighted by atomic mass is 10.2. The van der Waals surface area contributed by atoms with E-state index < -0.39 is 17.8 Å². The van der Waals surface area contributed by atoms with Crippen LogP contribution in [-0.2, 0) is 19.1 Å². The molecule has 0 aliphatic rings. The first-order valence-corrected chi connectivity index (χ1v) is 7.12. The van der Waals surface area contributed by atoms with Crippen molar-refractivity contribution in [3.8, 4) is 0 Å². The van der Waals surface area contributed by atoms with Gasteiger partial charge in [0.2, 0.25) is 6.41 Å². The Balaban J connectivity index is 2.58. The Morgan fingerprint density at radius 3 is 2.57 bits per heavy atom. The van der Waals surface area contributed by atoms with E-state index >= 15 is 0 Å². The van der Waals surface area contributed by atoms with E-state index in [0.29, 0.717) is 19.4 Å². The van der Waals surface area contributed by atoms with Crippen molar-refractivity contribution in [1.29, 1.82) is 0 Å². The minimum absolute atomic E-state index is 0.172. The molecule has 8 heteroatoms. The molecule has 3 N–H and O–H groups in total. The third kappa shape index (κ3) is 6.16. The average Bonchev–Trinajstić information content (AvgIpc) is 2.55. The van der Waals surface area contributed by atoms with E-state index in [4.69, 9.17) is 4.74 Å². The second-order valence-electron chi connectivity index (χ2n) is 4.40. The molecule has 0 unspecified atom stereocenters. The normalized spacial score (nSPS) is 9.61. The van der Waals surface area contributed by atoms with Gasteiger partial charge in [-0.15, -0.1) is 0 Å². The maximum absolute atomic E-state index is 11.8. The first-order valence-electron chi connectivity index (χ1n) is 7.12. The van der Waals surface area contributed by atoms with Crippen molar-refractivity contribution in [3.63, 3.8) is 0 Å². The SMILES string of the molecule is CCOC(=O)c1ccccc1NC(=O)C(=O)NCCCNC=O. The highest BCUT2D eigenvalue weighted by Gasteiger charge is 2.17. The Kier molecular flexibility index (Phi) is 7.84. The van der Waals surface area contributed by atoms with E-state index in [0.717, 1.165) is 0 Å². The quantitative estimate of drug-likeness (QED) is 0.271. The van der Waals surface area contributed by atoms with Crippen molar-refractivity contribution in [3.05, 3.63) is 29.8 Å². The van der Waals surface area contributed by atoms with Crippen molar-refractivity contribution in [2.24, 2.45) is 0 Å². The molecule has 0 spiro atoms. The zero-order valence-electron chi connectivity index (χ0n) is 12.8. The number of hydrogen-bond donors (Lipinski definition) is 3. The fourth-order valence-corrected chi connectivity index (χ4v) is 1.69. The highest BCUT2D eigenvalue weighted by molar-refractivity contribution is 6.40. The van der Waals surface area contributed by atoms with Gasteiger partial charge in [0, 0.05) is 13.1 Å². The Labute approximate surface area is 133 Å². The van der Waals surface area contributed by atoms with E-state index in [1.165, 1.54) is 12.1 Å². The van der Waals surface area contributed by atoms with Gasteiger partial charge in [0.15, 0.2) is 0 Å². The number of carbonyl (C=O) groups excluding carboxylic acids is 4. The van der Waals surface area contributed by atoms with Crippen LogP contribution in [0.1, 0.15) is 23.7 Å². The smallest absolute Gasteiger partial charge is 0.340 e. The van der Waals surface area contributed by atoms with Crippen LogP contribution < -0.4 is 16.0 Å². The molecule has 0 bridgehead atoms. The van der Waals surface area contributed by atoms with Gasteiger partial charge in [-0.1, -0.05) is 12.1 Å². The third-order valence-electron chi connectivity index (χ3n) is 2.74. The first kappa shape index (κ1) is 18.1. The third-order valence-corrected chi connectivity index (χ3v) is 2.74. The second-order valence-corrected chi connectivity index (χ2v) is 4.40. The van der Waals surface area contributed by atoms with E-state index in [2.05, 4.69) is 16.0 Å². The van der Waals surface area contributed by atoms with E-state index in [9.17, 15) is 19.2 Å². The number of ether oxygens (including phenoxy) is 1. The standard InChI is InChI=1S/C15H19N3O5/c1-2-23-15(22)11-6-3-4-7-12(11)18-14(21)13(20)17-9-5-8-16-10-19/h3-4,6-7,10H,2,5,8-9H2,1H3,(H,16,19)(H,17,20)(H,18,21). The number of amides is 3. The molecule has 8 nitrogen and oxygen atoms in total. The van der Waals surface area contributed by atoms with Crippen LogP contribution in [0.4, 0.5) is 5.69 Å². The fourth-order valence-electron chi connectivity index (χ4n) is 1.69. The van der Waals surface area contributed by atoms with Gasteiger partial charge < -0.3 is 20.7 Å². The number of anilines is 1. The zero-order valence-corrected chi connectivity index (χ0v) is 12.8. The van der Waals surface area contributed by atoms with Crippen LogP contribution in [0.25, 0.3) is 0 Å². The summed E-state index contributed by atoms with van der Waals surface area (Å²) in [5.74, 6) is -2.29. The van der Waals surface area contributed by atoms with Crippen LogP contribution in [0.5, 0.6) is 0 Å². The van der Waals surface area contributed by atoms with Crippen LogP contribution in [0, 0.1) is 0 Å². The average molecular weight is 321 g/mol. The van der Waals surface area contributed by atoms with Crippen LogP contribution in [-0.4, -0.2) is 43.9 Å². The zero-order chi connectivity index (χ0) is 17.1. The lowest BCUT2D eigenvalue weighted by Gasteiger charge is -2.10. The van der Waals surface area contributed by atoms with Crippen LogP contribution >= 0.6 is 0 Å². The number of benzene rings is 1. The Morgan fingerprint density at radius 1 is 1.13 bits per heavy atom. The summed E-state index contributed by atoms with van der Waals surface area (Å²) in [7, 11) is 0. The molecule has 0 aliphatic heterocycles. The molecule has 23 heavy (non-hydrogen) atoms. The molecule has 1 aromatic rings. The maximum Gasteiger partial charge on any atom is 0.340 e. The summed E-state index contributed by atoms with van der Waals surface area (Å²) in [6.07, 6.45) is 1.05. The monoisotopic (exact) mass is 321 g/mol. The largest absolute Gasteiger partial charge is 0.462 e. The van der Waals surface area contributed by atoms with E-state index in [1.54, 1.807) is 19.1 Å². The Morgan fingerprint density at radius 2 is 1.87 bits per heavy atom. The molecule has 0 saturated heterocycles. The fraction of sp³-hybridized carbons (Fsp3) is 0.333. The molecule has 3 amide bonds. The summed E-state index contributed by atoms with van der Waals surface area (Å²) in [5, 5.41) is 7.23. The van der Waals surface area contributed by atoms with Gasteiger partial charge in [0.25, 0.3) is 0 Å². The molecule has 0 radical (unpaired) electrons. The summed E-state index contributed by atoms with van der Waals surface area (Å²) in [4.78, 5) is 45.3. The van der Waals surface area contributed by atoms with Crippen molar-refractivity contribution in [2.75, 3.05) is 25.0 Å². The van der Waals surface area contributed by atoms with E-state index in [-0.39, 0.29) is 24.4 Å². The minimum atomic E-state index is -0.884. The van der Waals surface area contributed by atoms with Gasteiger partial charge in [-0.25, -0.2) is 4.79 Å². The summed E-state index contributed by atoms with van der Waals surface area (Å²) in [6.45, 7) is 2.52. The van der Waals surface area contributed by atoms with Gasteiger partial charge in [-0.2, -0.15) is 0 Å². The Hall–Kier alpha value is -2.90. The van der Waals surface area contributed by atoms with Gasteiger partial charge in [-0.3, -0.25) is 14.4 Å². The molecule has 1 aromatic carbocycles. The van der Waals surface area contributed by atoms with Gasteiger partial charge in [0.05, 0.1) is 17.9 Å². The molecule has 0 aliphatic carbocycles. The molecular formula is C15H19N3O5. The maximum atomic E-state index is 11.8. The van der Waals surface area contributed by atoms with Crippen molar-refractivity contribution < 1.29 is 23.9 Å². The lowest BCUT2D eigenvalue weighted by molar-refractivity contribution is -0.136. The lowest BCUT2D eigenvalue weighted by Crippen LogP contribution is -2.37. The highest BCUT2D eigenvalue weighted by atomic mass is 16.5. The first-order chi connectivity index (χ1) is 11.1. The van der Waals surface area contributed by atoms with Crippen LogP contribution in [0.15, 0.2) is 24.3 Å². The molecule has 0 saturated carbocycles. The predicted octanol–water partition coefficient (Wildman–Crippen LogP) is 0.0541. The van der Waals surface area contributed by atoms with Gasteiger partial charge >= 0.3 is 17.8 Å². The molecule has 124 valence electrons. The Bertz CT molecular complexity index is 574. The summed E-state index contributed by atoms with van der Waals surface area (Å²) in [6, 6.07) is 6.26. The minimum Gasteiger partial charge on any atom is -0.462 e. The number of carbonyl (C=O) groups is 4. The van der Waals surface area contributed by atoms with Crippen molar-refractivity contribution >= 4 is 29.9 Å². The second kappa shape index (κ2) is 9.93. The molecular weight excluding hydrogens is 302 g/mol. The van der Waals surface area contributed by atoms with Crippen molar-refractivity contribution in [2.45, 2.75) is 13.3 Å². The molecule has 0 fully saturated rings.